The predicted octanol–water partition coefficient (Wildman–Crippen LogP) is 1.79. The van der Waals surface area contributed by atoms with Crippen molar-refractivity contribution in [1.82, 2.24) is 4.90 Å². The molecule has 2 amide bonds. The standard InChI is InChI=1S/C13H18FN3O2/c1-19-12-3-2-10(8-11(12)14)16-9-4-6-17(7-5-9)13(15)18/h2-3,8-9,16H,4-7H2,1H3,(H2,15,18). The first-order chi connectivity index (χ1) is 9.10. The summed E-state index contributed by atoms with van der Waals surface area (Å²) in [6, 6.07) is 4.63. The number of likely N-dealkylation sites (tertiary alicyclic amines) is 1. The van der Waals surface area contributed by atoms with E-state index in [0.29, 0.717) is 13.1 Å². The highest BCUT2D eigenvalue weighted by Crippen LogP contribution is 2.23. The van der Waals surface area contributed by atoms with Crippen LogP contribution in [0.2, 0.25) is 0 Å². The van der Waals surface area contributed by atoms with Gasteiger partial charge in [0.25, 0.3) is 0 Å². The van der Waals surface area contributed by atoms with Crippen molar-refractivity contribution in [2.45, 2.75) is 18.9 Å². The molecule has 5 nitrogen and oxygen atoms in total. The van der Waals surface area contributed by atoms with Crippen molar-refractivity contribution in [2.24, 2.45) is 5.73 Å². The van der Waals surface area contributed by atoms with Crippen molar-refractivity contribution >= 4 is 11.7 Å². The fourth-order valence-corrected chi connectivity index (χ4v) is 2.24. The summed E-state index contributed by atoms with van der Waals surface area (Å²) < 4.78 is 18.4. The van der Waals surface area contributed by atoms with Crippen LogP contribution in [0.5, 0.6) is 5.75 Å². The molecule has 0 radical (unpaired) electrons. The number of hydrogen-bond donors (Lipinski definition) is 2. The van der Waals surface area contributed by atoms with Gasteiger partial charge in [-0.15, -0.1) is 0 Å². The molecule has 2 rings (SSSR count). The number of nitrogens with one attached hydrogen (secondary N) is 1. The fraction of sp³-hybridized carbons (Fsp3) is 0.462. The quantitative estimate of drug-likeness (QED) is 0.877. The second-order valence-corrected chi connectivity index (χ2v) is 4.59. The molecule has 1 aliphatic heterocycles. The highest BCUT2D eigenvalue weighted by atomic mass is 19.1. The first kappa shape index (κ1) is 13.5. The van der Waals surface area contributed by atoms with Gasteiger partial charge in [0.15, 0.2) is 11.6 Å². The molecule has 1 aromatic rings. The Morgan fingerprint density at radius 1 is 1.47 bits per heavy atom. The highest BCUT2D eigenvalue weighted by Gasteiger charge is 2.21. The van der Waals surface area contributed by atoms with Crippen LogP contribution in [0.4, 0.5) is 14.9 Å². The molecule has 1 fully saturated rings. The smallest absolute Gasteiger partial charge is 0.314 e. The summed E-state index contributed by atoms with van der Waals surface area (Å²) in [5, 5.41) is 3.26. The molecule has 6 heteroatoms. The lowest BCUT2D eigenvalue weighted by Crippen LogP contribution is -2.44. The number of carbonyl (C=O) groups excluding carboxylic acids is 1. The van der Waals surface area contributed by atoms with Crippen molar-refractivity contribution in [1.29, 1.82) is 0 Å². The molecular formula is C13H18FN3O2. The van der Waals surface area contributed by atoms with Crippen LogP contribution in [-0.4, -0.2) is 37.2 Å². The van der Waals surface area contributed by atoms with E-state index in [0.717, 1.165) is 18.5 Å². The Hall–Kier alpha value is -1.98. The maximum atomic E-state index is 13.5. The summed E-state index contributed by atoms with van der Waals surface area (Å²) in [5.41, 5.74) is 5.94. The molecule has 19 heavy (non-hydrogen) atoms. The molecule has 1 aromatic carbocycles. The molecule has 104 valence electrons. The molecule has 0 spiro atoms. The topological polar surface area (TPSA) is 67.6 Å². The Labute approximate surface area is 111 Å². The van der Waals surface area contributed by atoms with E-state index in [1.165, 1.54) is 13.2 Å². The number of amides is 2. The highest BCUT2D eigenvalue weighted by molar-refractivity contribution is 5.72. The number of halogens is 1. The van der Waals surface area contributed by atoms with Crippen molar-refractivity contribution in [3.63, 3.8) is 0 Å². The molecule has 3 N–H and O–H groups in total. The van der Waals surface area contributed by atoms with Gasteiger partial charge in [0.2, 0.25) is 0 Å². The van der Waals surface area contributed by atoms with E-state index < -0.39 is 0 Å². The zero-order valence-corrected chi connectivity index (χ0v) is 10.9. The molecule has 0 bridgehead atoms. The number of benzene rings is 1. The Bertz CT molecular complexity index is 459. The number of carbonyl (C=O) groups is 1. The minimum absolute atomic E-state index is 0.225. The van der Waals surface area contributed by atoms with Crippen LogP contribution in [0.3, 0.4) is 0 Å². The van der Waals surface area contributed by atoms with E-state index in [2.05, 4.69) is 5.32 Å². The Morgan fingerprint density at radius 3 is 2.68 bits per heavy atom. The summed E-state index contributed by atoms with van der Waals surface area (Å²) in [6.45, 7) is 1.26. The van der Waals surface area contributed by atoms with E-state index >= 15 is 0 Å². The van der Waals surface area contributed by atoms with E-state index in [-0.39, 0.29) is 23.6 Å². The third-order valence-corrected chi connectivity index (χ3v) is 3.33. The zero-order valence-electron chi connectivity index (χ0n) is 10.9. The summed E-state index contributed by atoms with van der Waals surface area (Å²) in [6.07, 6.45) is 1.60. The average molecular weight is 267 g/mol. The Kier molecular flexibility index (Phi) is 4.09. The SMILES string of the molecule is COc1ccc(NC2CCN(C(N)=O)CC2)cc1F. The molecule has 1 aliphatic rings. The van der Waals surface area contributed by atoms with Gasteiger partial charge in [-0.05, 0) is 25.0 Å². The number of nitrogens with two attached hydrogens (primary N) is 1. The molecule has 1 heterocycles. The van der Waals surface area contributed by atoms with Crippen LogP contribution >= 0.6 is 0 Å². The fourth-order valence-electron chi connectivity index (χ4n) is 2.24. The zero-order chi connectivity index (χ0) is 13.8. The lowest BCUT2D eigenvalue weighted by molar-refractivity contribution is 0.193. The molecule has 0 atom stereocenters. The minimum Gasteiger partial charge on any atom is -0.494 e. The van der Waals surface area contributed by atoms with Gasteiger partial charge in [-0.1, -0.05) is 0 Å². The number of piperidine rings is 1. The number of nitrogens with zero attached hydrogens (tertiary/aromatic N) is 1. The van der Waals surface area contributed by atoms with Crippen molar-refractivity contribution in [2.75, 3.05) is 25.5 Å². The normalized spacial score (nSPS) is 16.2. The number of rotatable bonds is 3. The van der Waals surface area contributed by atoms with Gasteiger partial charge in [0.05, 0.1) is 7.11 Å². The number of anilines is 1. The minimum atomic E-state index is -0.387. The molecule has 1 saturated heterocycles. The molecular weight excluding hydrogens is 249 g/mol. The van der Waals surface area contributed by atoms with Crippen LogP contribution in [0.15, 0.2) is 18.2 Å². The van der Waals surface area contributed by atoms with Crippen molar-refractivity contribution in [3.8, 4) is 5.75 Å². The Morgan fingerprint density at radius 2 is 2.16 bits per heavy atom. The van der Waals surface area contributed by atoms with Gasteiger partial charge < -0.3 is 20.7 Å². The lowest BCUT2D eigenvalue weighted by atomic mass is 10.0. The summed E-state index contributed by atoms with van der Waals surface area (Å²) in [4.78, 5) is 12.6. The molecule has 0 unspecified atom stereocenters. The van der Waals surface area contributed by atoms with E-state index in [1.54, 1.807) is 17.0 Å². The van der Waals surface area contributed by atoms with E-state index in [9.17, 15) is 9.18 Å². The summed E-state index contributed by atoms with van der Waals surface area (Å²) in [5.74, 6) is -0.156. The number of urea groups is 1. The number of methoxy groups -OCH3 is 1. The van der Waals surface area contributed by atoms with Gasteiger partial charge >= 0.3 is 6.03 Å². The lowest BCUT2D eigenvalue weighted by Gasteiger charge is -2.31. The van der Waals surface area contributed by atoms with Gasteiger partial charge in [0, 0.05) is 30.9 Å². The maximum Gasteiger partial charge on any atom is 0.314 e. The average Bonchev–Trinajstić information content (AvgIpc) is 2.39. The van der Waals surface area contributed by atoms with Crippen molar-refractivity contribution < 1.29 is 13.9 Å². The van der Waals surface area contributed by atoms with Crippen LogP contribution in [0, 0.1) is 5.82 Å². The van der Waals surface area contributed by atoms with Crippen LogP contribution in [0.25, 0.3) is 0 Å². The van der Waals surface area contributed by atoms with Crippen LogP contribution in [-0.2, 0) is 0 Å². The third-order valence-electron chi connectivity index (χ3n) is 3.33. The van der Waals surface area contributed by atoms with Gasteiger partial charge in [0.1, 0.15) is 0 Å². The molecule has 0 aliphatic carbocycles. The second-order valence-electron chi connectivity index (χ2n) is 4.59. The molecule has 0 aromatic heterocycles. The van der Waals surface area contributed by atoms with Gasteiger partial charge in [-0.25, -0.2) is 9.18 Å². The Balaban J connectivity index is 1.92. The number of primary amides is 1. The second kappa shape index (κ2) is 5.77. The largest absolute Gasteiger partial charge is 0.494 e. The monoisotopic (exact) mass is 267 g/mol. The predicted molar refractivity (Wildman–Crippen MR) is 70.8 cm³/mol. The third kappa shape index (κ3) is 3.27. The summed E-state index contributed by atoms with van der Waals surface area (Å²) in [7, 11) is 1.44. The van der Waals surface area contributed by atoms with E-state index in [1.807, 2.05) is 0 Å². The summed E-state index contributed by atoms with van der Waals surface area (Å²) >= 11 is 0. The van der Waals surface area contributed by atoms with Crippen LogP contribution < -0.4 is 15.8 Å². The maximum absolute atomic E-state index is 13.5. The van der Waals surface area contributed by atoms with Crippen LogP contribution in [0.1, 0.15) is 12.8 Å². The molecule has 0 saturated carbocycles. The van der Waals surface area contributed by atoms with Gasteiger partial charge in [-0.3, -0.25) is 0 Å². The number of hydrogen-bond acceptors (Lipinski definition) is 3. The number of ether oxygens (including phenoxy) is 1. The first-order valence-electron chi connectivity index (χ1n) is 6.24. The first-order valence-corrected chi connectivity index (χ1v) is 6.24. The van der Waals surface area contributed by atoms with Gasteiger partial charge in [-0.2, -0.15) is 0 Å². The van der Waals surface area contributed by atoms with E-state index in [4.69, 9.17) is 10.5 Å². The van der Waals surface area contributed by atoms with Crippen molar-refractivity contribution in [3.05, 3.63) is 24.0 Å².